The van der Waals surface area contributed by atoms with Crippen molar-refractivity contribution in [3.05, 3.63) is 46.3 Å². The van der Waals surface area contributed by atoms with Crippen molar-refractivity contribution in [1.29, 1.82) is 0 Å². The van der Waals surface area contributed by atoms with Gasteiger partial charge in [0.15, 0.2) is 0 Å². The van der Waals surface area contributed by atoms with Gasteiger partial charge in [-0.05, 0) is 69.9 Å². The van der Waals surface area contributed by atoms with Crippen LogP contribution in [-0.4, -0.2) is 66.6 Å². The summed E-state index contributed by atoms with van der Waals surface area (Å²) < 4.78 is 47.3. The van der Waals surface area contributed by atoms with E-state index in [2.05, 4.69) is 11.4 Å². The summed E-state index contributed by atoms with van der Waals surface area (Å²) in [7, 11) is 1.61. The van der Waals surface area contributed by atoms with Crippen molar-refractivity contribution < 1.29 is 37.4 Å². The second kappa shape index (κ2) is 15.9. The zero-order valence-electron chi connectivity index (χ0n) is 24.7. The summed E-state index contributed by atoms with van der Waals surface area (Å²) in [5.74, 6) is -1.11. The lowest BCUT2D eigenvalue weighted by Crippen LogP contribution is -2.56. The Labute approximate surface area is 241 Å². The number of carbonyl (C=O) groups excluding carboxylic acids is 3. The number of ether oxygens (including phenoxy) is 1. The van der Waals surface area contributed by atoms with Gasteiger partial charge in [0, 0.05) is 37.3 Å². The number of aldehydes is 1. The van der Waals surface area contributed by atoms with E-state index in [1.807, 2.05) is 13.8 Å². The SMILES string of the molecule is CCCC1=C(O)C(/C(=C\C=O)C(F)(F)F)=CC(CCC)C1OCCCCNC(=O)C(C)(C1=CCCCC1)N(C)C=O. The largest absolute Gasteiger partial charge is 0.507 e. The molecule has 3 atom stereocenters. The van der Waals surface area contributed by atoms with Crippen LogP contribution in [0.1, 0.15) is 85.0 Å². The van der Waals surface area contributed by atoms with E-state index < -0.39 is 35.1 Å². The Morgan fingerprint density at radius 3 is 2.49 bits per heavy atom. The van der Waals surface area contributed by atoms with Crippen LogP contribution in [0.4, 0.5) is 13.2 Å². The first-order valence-electron chi connectivity index (χ1n) is 14.6. The van der Waals surface area contributed by atoms with Crippen molar-refractivity contribution in [2.45, 2.75) is 103 Å². The van der Waals surface area contributed by atoms with Gasteiger partial charge in [0.2, 0.25) is 12.3 Å². The molecule has 0 heterocycles. The average molecular weight is 583 g/mol. The van der Waals surface area contributed by atoms with Crippen LogP contribution >= 0.6 is 0 Å². The molecule has 2 amide bonds. The second-order valence-electron chi connectivity index (χ2n) is 10.9. The van der Waals surface area contributed by atoms with E-state index in [4.69, 9.17) is 4.74 Å². The Kier molecular flexibility index (Phi) is 13.3. The summed E-state index contributed by atoms with van der Waals surface area (Å²) >= 11 is 0. The molecular weight excluding hydrogens is 537 g/mol. The summed E-state index contributed by atoms with van der Waals surface area (Å²) in [4.78, 5) is 37.1. The number of aliphatic hydroxyl groups is 1. The number of halogens is 3. The minimum atomic E-state index is -4.79. The maximum absolute atomic E-state index is 13.7. The normalized spacial score (nSPS) is 21.5. The Morgan fingerprint density at radius 2 is 1.93 bits per heavy atom. The first kappa shape index (κ1) is 34.3. The van der Waals surface area contributed by atoms with Crippen LogP contribution in [0.5, 0.6) is 0 Å². The summed E-state index contributed by atoms with van der Waals surface area (Å²) in [5.41, 5.74) is -1.23. The fraction of sp³-hybridized carbons (Fsp3) is 0.645. The van der Waals surface area contributed by atoms with Crippen LogP contribution < -0.4 is 5.32 Å². The van der Waals surface area contributed by atoms with Crippen molar-refractivity contribution in [3.63, 3.8) is 0 Å². The minimum absolute atomic E-state index is 0.0816. The zero-order chi connectivity index (χ0) is 30.6. The third-order valence-corrected chi connectivity index (χ3v) is 8.02. The van der Waals surface area contributed by atoms with Crippen molar-refractivity contribution >= 4 is 18.6 Å². The Balaban J connectivity index is 2.08. The number of amides is 2. The van der Waals surface area contributed by atoms with E-state index in [0.29, 0.717) is 63.1 Å². The van der Waals surface area contributed by atoms with Gasteiger partial charge in [0.25, 0.3) is 0 Å². The third kappa shape index (κ3) is 8.56. The minimum Gasteiger partial charge on any atom is -0.507 e. The molecule has 0 aromatic rings. The first-order chi connectivity index (χ1) is 19.5. The molecule has 0 aromatic heterocycles. The number of likely N-dealkylation sites (N-methyl/N-ethyl adjacent to an activating group) is 1. The second-order valence-corrected chi connectivity index (χ2v) is 10.9. The van der Waals surface area contributed by atoms with Gasteiger partial charge in [-0.25, -0.2) is 0 Å². The van der Waals surface area contributed by atoms with Crippen LogP contribution in [0.15, 0.2) is 46.3 Å². The van der Waals surface area contributed by atoms with Gasteiger partial charge in [-0.3, -0.25) is 14.4 Å². The lowest BCUT2D eigenvalue weighted by atomic mass is 9.79. The number of nitrogens with zero attached hydrogens (tertiary/aromatic N) is 1. The molecule has 10 heteroatoms. The molecule has 7 nitrogen and oxygen atoms in total. The molecule has 41 heavy (non-hydrogen) atoms. The fourth-order valence-electron chi connectivity index (χ4n) is 5.62. The zero-order valence-corrected chi connectivity index (χ0v) is 24.7. The van der Waals surface area contributed by atoms with Crippen LogP contribution in [0.2, 0.25) is 0 Å². The molecule has 230 valence electrons. The number of hydrogen-bond donors (Lipinski definition) is 2. The van der Waals surface area contributed by atoms with E-state index in [0.717, 1.165) is 31.3 Å². The van der Waals surface area contributed by atoms with Gasteiger partial charge < -0.3 is 20.1 Å². The Bertz CT molecular complexity index is 1050. The molecule has 2 N–H and O–H groups in total. The number of allylic oxidation sites excluding steroid dienone is 3. The van der Waals surface area contributed by atoms with Crippen molar-refractivity contribution in [2.24, 2.45) is 5.92 Å². The fourth-order valence-corrected chi connectivity index (χ4v) is 5.62. The summed E-state index contributed by atoms with van der Waals surface area (Å²) in [5, 5.41) is 13.9. The van der Waals surface area contributed by atoms with Crippen molar-refractivity contribution in [2.75, 3.05) is 20.2 Å². The van der Waals surface area contributed by atoms with Crippen LogP contribution in [0.25, 0.3) is 0 Å². The Morgan fingerprint density at radius 1 is 1.20 bits per heavy atom. The predicted octanol–water partition coefficient (Wildman–Crippen LogP) is 6.27. The molecule has 2 aliphatic carbocycles. The highest BCUT2D eigenvalue weighted by molar-refractivity contribution is 5.91. The highest BCUT2D eigenvalue weighted by Crippen LogP contribution is 2.42. The van der Waals surface area contributed by atoms with Gasteiger partial charge in [-0.1, -0.05) is 38.8 Å². The van der Waals surface area contributed by atoms with Gasteiger partial charge in [0.05, 0.1) is 11.7 Å². The van der Waals surface area contributed by atoms with Crippen molar-refractivity contribution in [1.82, 2.24) is 10.2 Å². The molecule has 0 spiro atoms. The molecule has 0 fully saturated rings. The number of aliphatic hydroxyl groups excluding tert-OH is 1. The number of nitrogens with one attached hydrogen (secondary N) is 1. The molecule has 0 saturated carbocycles. The summed E-state index contributed by atoms with van der Waals surface area (Å²) in [6, 6.07) is 0. The van der Waals surface area contributed by atoms with Gasteiger partial charge in [-0.2, -0.15) is 13.2 Å². The molecule has 0 radical (unpaired) electrons. The molecule has 3 unspecified atom stereocenters. The number of unbranched alkanes of at least 4 members (excludes halogenated alkanes) is 1. The molecule has 2 aliphatic rings. The average Bonchev–Trinajstić information content (AvgIpc) is 2.95. The number of rotatable bonds is 16. The lowest BCUT2D eigenvalue weighted by molar-refractivity contribution is -0.136. The third-order valence-electron chi connectivity index (χ3n) is 8.02. The highest BCUT2D eigenvalue weighted by Gasteiger charge is 2.42. The monoisotopic (exact) mass is 582 g/mol. The standard InChI is InChI=1S/C31H45F3N2O5/c1-5-12-22-20-25(26(16-18-37)31(32,33)34)27(39)24(13-6-2)28(22)41-19-11-10-17-35-29(40)30(3,36(4)21-38)23-14-8-7-9-15-23/h14,16,18,20-22,28,39H,5-13,15,17,19H2,1-4H3,(H,35,40)/b26-16+. The van der Waals surface area contributed by atoms with Crippen LogP contribution in [0, 0.1) is 5.92 Å². The van der Waals surface area contributed by atoms with Crippen molar-refractivity contribution in [3.8, 4) is 0 Å². The van der Waals surface area contributed by atoms with Crippen LogP contribution in [0.3, 0.4) is 0 Å². The Hall–Kier alpha value is -2.88. The van der Waals surface area contributed by atoms with E-state index in [9.17, 15) is 32.7 Å². The summed E-state index contributed by atoms with van der Waals surface area (Å²) in [6.07, 6.45) is 6.33. The highest BCUT2D eigenvalue weighted by atomic mass is 19.4. The van der Waals surface area contributed by atoms with E-state index in [1.165, 1.54) is 11.0 Å². The van der Waals surface area contributed by atoms with Gasteiger partial charge in [0.1, 0.15) is 17.6 Å². The van der Waals surface area contributed by atoms with Gasteiger partial charge >= 0.3 is 6.18 Å². The number of hydrogen-bond acceptors (Lipinski definition) is 5. The lowest BCUT2D eigenvalue weighted by Gasteiger charge is -2.38. The predicted molar refractivity (Wildman–Crippen MR) is 152 cm³/mol. The molecule has 0 aliphatic heterocycles. The van der Waals surface area contributed by atoms with E-state index in [-0.39, 0.29) is 24.4 Å². The maximum Gasteiger partial charge on any atom is 0.417 e. The number of alkyl halides is 3. The first-order valence-corrected chi connectivity index (χ1v) is 14.6. The van der Waals surface area contributed by atoms with Gasteiger partial charge in [-0.15, -0.1) is 0 Å². The van der Waals surface area contributed by atoms with E-state index >= 15 is 0 Å². The quantitative estimate of drug-likeness (QED) is 0.0968. The molecular formula is C31H45F3N2O5. The molecule has 2 rings (SSSR count). The molecule has 0 aromatic carbocycles. The molecule has 0 saturated heterocycles. The topological polar surface area (TPSA) is 95.9 Å². The maximum atomic E-state index is 13.7. The van der Waals surface area contributed by atoms with Crippen LogP contribution in [-0.2, 0) is 19.1 Å². The summed E-state index contributed by atoms with van der Waals surface area (Å²) in [6.45, 7) is 6.23. The molecule has 0 bridgehead atoms. The van der Waals surface area contributed by atoms with E-state index in [1.54, 1.807) is 14.0 Å². The smallest absolute Gasteiger partial charge is 0.417 e. The number of carbonyl (C=O) groups is 3.